The Morgan fingerprint density at radius 1 is 1.00 bits per heavy atom. The van der Waals surface area contributed by atoms with Crippen molar-refractivity contribution in [1.82, 2.24) is 4.57 Å². The maximum Gasteiger partial charge on any atom is 0.573 e. The molecule has 10 heteroatoms. The van der Waals surface area contributed by atoms with Gasteiger partial charge in [-0.15, -0.1) is 13.2 Å². The van der Waals surface area contributed by atoms with Crippen LogP contribution in [0.5, 0.6) is 11.5 Å². The molecule has 0 atom stereocenters. The zero-order valence-electron chi connectivity index (χ0n) is 17.2. The molecule has 0 unspecified atom stereocenters. The number of benzene rings is 2. The predicted molar refractivity (Wildman–Crippen MR) is 108 cm³/mol. The molecular formula is C22H20F3NO6. The van der Waals surface area contributed by atoms with Crippen LogP contribution in [-0.2, 0) is 20.7 Å². The molecule has 3 aromatic rings. The van der Waals surface area contributed by atoms with Crippen LogP contribution in [0.1, 0.15) is 29.9 Å². The highest BCUT2D eigenvalue weighted by Crippen LogP contribution is 2.32. The van der Waals surface area contributed by atoms with Crippen LogP contribution in [0, 0.1) is 0 Å². The molecule has 0 bridgehead atoms. The number of alkyl halides is 3. The number of aromatic nitrogens is 1. The molecule has 1 N–H and O–H groups in total. The van der Waals surface area contributed by atoms with E-state index in [9.17, 15) is 27.9 Å². The van der Waals surface area contributed by atoms with Crippen molar-refractivity contribution >= 4 is 22.8 Å². The first-order valence-corrected chi connectivity index (χ1v) is 9.69. The summed E-state index contributed by atoms with van der Waals surface area (Å²) in [4.78, 5) is 24.5. The molecule has 1 aromatic heterocycles. The molecule has 32 heavy (non-hydrogen) atoms. The smallest absolute Gasteiger partial charge is 0.508 e. The second-order valence-corrected chi connectivity index (χ2v) is 6.64. The van der Waals surface area contributed by atoms with E-state index in [0.29, 0.717) is 22.3 Å². The van der Waals surface area contributed by atoms with Crippen molar-refractivity contribution in [2.75, 3.05) is 13.2 Å². The standard InChI is InChI=1S/C22H20F3NO6/c1-3-30-20(28)12-15-9-13-10-16(27)6-7-18(13)26(15)14-5-8-19(32-22(23,24)25)17(11-14)21(29)31-4-2/h5-11,27H,3-4,12H2,1-2H3. The average molecular weight is 451 g/mol. The molecule has 7 nitrogen and oxygen atoms in total. The summed E-state index contributed by atoms with van der Waals surface area (Å²) in [5.41, 5.74) is 0.872. The number of hydrogen-bond acceptors (Lipinski definition) is 6. The zero-order valence-corrected chi connectivity index (χ0v) is 17.2. The molecule has 0 aliphatic heterocycles. The molecule has 1 heterocycles. The fraction of sp³-hybridized carbons (Fsp3) is 0.273. The number of ether oxygens (including phenoxy) is 3. The number of carbonyl (C=O) groups excluding carboxylic acids is 2. The summed E-state index contributed by atoms with van der Waals surface area (Å²) in [5, 5.41) is 10.4. The number of rotatable bonds is 7. The Kier molecular flexibility index (Phi) is 6.61. The molecule has 0 aliphatic carbocycles. The van der Waals surface area contributed by atoms with E-state index < -0.39 is 29.6 Å². The molecule has 3 rings (SSSR count). The van der Waals surface area contributed by atoms with Gasteiger partial charge in [-0.2, -0.15) is 0 Å². The van der Waals surface area contributed by atoms with E-state index in [1.54, 1.807) is 23.6 Å². The van der Waals surface area contributed by atoms with Crippen molar-refractivity contribution in [2.24, 2.45) is 0 Å². The lowest BCUT2D eigenvalue weighted by Gasteiger charge is -2.16. The maximum absolute atomic E-state index is 12.8. The van der Waals surface area contributed by atoms with Crippen LogP contribution in [0.2, 0.25) is 0 Å². The minimum atomic E-state index is -5.00. The van der Waals surface area contributed by atoms with Crippen LogP contribution in [0.3, 0.4) is 0 Å². The van der Waals surface area contributed by atoms with E-state index in [4.69, 9.17) is 9.47 Å². The second-order valence-electron chi connectivity index (χ2n) is 6.64. The lowest BCUT2D eigenvalue weighted by atomic mass is 10.1. The molecule has 0 saturated carbocycles. The molecular weight excluding hydrogens is 431 g/mol. The van der Waals surface area contributed by atoms with E-state index in [-0.39, 0.29) is 25.4 Å². The van der Waals surface area contributed by atoms with Crippen molar-refractivity contribution < 1.29 is 42.1 Å². The Bertz CT molecular complexity index is 1150. The van der Waals surface area contributed by atoms with Gasteiger partial charge in [0.2, 0.25) is 0 Å². The number of phenols is 1. The summed E-state index contributed by atoms with van der Waals surface area (Å²) in [7, 11) is 0. The topological polar surface area (TPSA) is 87.0 Å². The van der Waals surface area contributed by atoms with Crippen LogP contribution < -0.4 is 4.74 Å². The summed E-state index contributed by atoms with van der Waals surface area (Å²) in [5.74, 6) is -2.21. The Hall–Kier alpha value is -3.69. The average Bonchev–Trinajstić information content (AvgIpc) is 3.04. The van der Waals surface area contributed by atoms with Gasteiger partial charge in [0, 0.05) is 16.8 Å². The van der Waals surface area contributed by atoms with Crippen LogP contribution in [0.4, 0.5) is 13.2 Å². The lowest BCUT2D eigenvalue weighted by Crippen LogP contribution is -2.20. The highest BCUT2D eigenvalue weighted by atomic mass is 19.4. The number of carbonyl (C=O) groups is 2. The van der Waals surface area contributed by atoms with Gasteiger partial charge in [0.25, 0.3) is 0 Å². The first-order chi connectivity index (χ1) is 15.1. The van der Waals surface area contributed by atoms with Gasteiger partial charge < -0.3 is 23.9 Å². The third-order valence-corrected chi connectivity index (χ3v) is 4.43. The number of aromatic hydroxyl groups is 1. The fourth-order valence-corrected chi connectivity index (χ4v) is 3.29. The maximum atomic E-state index is 12.8. The van der Waals surface area contributed by atoms with Crippen molar-refractivity contribution in [3.05, 3.63) is 53.7 Å². The summed E-state index contributed by atoms with van der Waals surface area (Å²) >= 11 is 0. The van der Waals surface area contributed by atoms with Gasteiger partial charge in [-0.1, -0.05) is 0 Å². The Morgan fingerprint density at radius 2 is 1.72 bits per heavy atom. The first-order valence-electron chi connectivity index (χ1n) is 9.69. The van der Waals surface area contributed by atoms with Gasteiger partial charge in [-0.25, -0.2) is 4.79 Å². The first kappa shape index (κ1) is 23.0. The fourth-order valence-electron chi connectivity index (χ4n) is 3.29. The van der Waals surface area contributed by atoms with E-state index in [1.807, 2.05) is 0 Å². The Balaban J connectivity index is 2.19. The molecule has 0 fully saturated rings. The summed E-state index contributed by atoms with van der Waals surface area (Å²) in [6, 6.07) is 9.67. The minimum absolute atomic E-state index is 0.00141. The summed E-state index contributed by atoms with van der Waals surface area (Å²) in [6.07, 6.45) is -5.14. The third-order valence-electron chi connectivity index (χ3n) is 4.43. The van der Waals surface area contributed by atoms with Gasteiger partial charge in [-0.3, -0.25) is 4.79 Å². The largest absolute Gasteiger partial charge is 0.573 e. The normalized spacial score (nSPS) is 11.4. The predicted octanol–water partition coefficient (Wildman–Crippen LogP) is 4.52. The SMILES string of the molecule is CCOC(=O)Cc1cc2cc(O)ccc2n1-c1ccc(OC(F)(F)F)c(C(=O)OCC)c1. The van der Waals surface area contributed by atoms with Gasteiger partial charge in [0.05, 0.1) is 25.2 Å². The van der Waals surface area contributed by atoms with Crippen LogP contribution in [0.25, 0.3) is 16.6 Å². The lowest BCUT2D eigenvalue weighted by molar-refractivity contribution is -0.274. The molecule has 0 radical (unpaired) electrons. The van der Waals surface area contributed by atoms with Crippen LogP contribution in [-0.4, -0.2) is 41.2 Å². The Labute approximate surface area is 180 Å². The number of hydrogen-bond donors (Lipinski definition) is 1. The minimum Gasteiger partial charge on any atom is -0.508 e. The summed E-state index contributed by atoms with van der Waals surface area (Å²) < 4.78 is 53.9. The van der Waals surface area contributed by atoms with Crippen molar-refractivity contribution in [2.45, 2.75) is 26.6 Å². The molecule has 170 valence electrons. The van der Waals surface area contributed by atoms with Crippen molar-refractivity contribution in [1.29, 1.82) is 0 Å². The quantitative estimate of drug-likeness (QED) is 0.532. The number of nitrogens with zero attached hydrogens (tertiary/aromatic N) is 1. The van der Waals surface area contributed by atoms with Crippen LogP contribution in [0.15, 0.2) is 42.5 Å². The monoisotopic (exact) mass is 451 g/mol. The molecule has 0 amide bonds. The van der Waals surface area contributed by atoms with Gasteiger partial charge in [0.1, 0.15) is 17.1 Å². The number of phenolic OH excluding ortho intramolecular Hbond substituents is 1. The van der Waals surface area contributed by atoms with Crippen molar-refractivity contribution in [3.8, 4) is 17.2 Å². The highest BCUT2D eigenvalue weighted by molar-refractivity contribution is 5.94. The molecule has 0 saturated heterocycles. The van der Waals surface area contributed by atoms with Gasteiger partial charge in [0.15, 0.2) is 0 Å². The number of halogens is 3. The third kappa shape index (κ3) is 5.13. The van der Waals surface area contributed by atoms with E-state index >= 15 is 0 Å². The molecule has 0 aliphatic rings. The number of fused-ring (bicyclic) bond motifs is 1. The zero-order chi connectivity index (χ0) is 23.5. The Morgan fingerprint density at radius 3 is 2.38 bits per heavy atom. The molecule has 0 spiro atoms. The van der Waals surface area contributed by atoms with E-state index in [2.05, 4.69) is 4.74 Å². The summed E-state index contributed by atoms with van der Waals surface area (Å²) in [6.45, 7) is 3.32. The highest BCUT2D eigenvalue weighted by Gasteiger charge is 2.33. The van der Waals surface area contributed by atoms with Gasteiger partial charge >= 0.3 is 18.3 Å². The van der Waals surface area contributed by atoms with E-state index in [1.165, 1.54) is 31.2 Å². The van der Waals surface area contributed by atoms with Gasteiger partial charge in [-0.05, 0) is 56.3 Å². The van der Waals surface area contributed by atoms with E-state index in [0.717, 1.165) is 6.07 Å². The molecule has 2 aromatic carbocycles. The number of esters is 2. The second kappa shape index (κ2) is 9.21. The van der Waals surface area contributed by atoms with Crippen LogP contribution >= 0.6 is 0 Å². The van der Waals surface area contributed by atoms with Crippen molar-refractivity contribution in [3.63, 3.8) is 0 Å².